The van der Waals surface area contributed by atoms with Crippen molar-refractivity contribution in [2.75, 3.05) is 6.54 Å². The summed E-state index contributed by atoms with van der Waals surface area (Å²) in [5.41, 5.74) is 9.35. The first-order valence-corrected chi connectivity index (χ1v) is 5.03. The molecule has 0 bridgehead atoms. The Morgan fingerprint density at radius 2 is 2.29 bits per heavy atom. The van der Waals surface area contributed by atoms with Crippen LogP contribution < -0.4 is 0 Å². The lowest BCUT2D eigenvalue weighted by Crippen LogP contribution is -2.21. The summed E-state index contributed by atoms with van der Waals surface area (Å²) >= 11 is 0. The number of nitrogens with one attached hydrogen (secondary N) is 1. The molecule has 88 valence electrons. The number of azide groups is 1. The van der Waals surface area contributed by atoms with E-state index in [9.17, 15) is 10.2 Å². The maximum Gasteiger partial charge on any atom is 0.137 e. The third-order valence-electron chi connectivity index (χ3n) is 2.51. The number of rotatable bonds is 4. The van der Waals surface area contributed by atoms with E-state index in [2.05, 4.69) is 20.0 Å². The van der Waals surface area contributed by atoms with Crippen molar-refractivity contribution in [3.05, 3.63) is 40.5 Å². The van der Waals surface area contributed by atoms with Crippen molar-refractivity contribution in [3.8, 4) is 0 Å². The number of hydrogen-bond acceptors (Lipinski definition) is 4. The molecule has 0 amide bonds. The number of aromatic nitrogens is 2. The minimum Gasteiger partial charge on any atom is -0.390 e. The standard InChI is InChI=1S/C10H11N5O2/c11-15-14-5-8(16)9(17)6-1-3-12-10-7(6)2-4-13-10/h1-4,8-9,16-17H,5H2,(H,12,13). The van der Waals surface area contributed by atoms with Gasteiger partial charge in [0.2, 0.25) is 0 Å². The highest BCUT2D eigenvalue weighted by Crippen LogP contribution is 2.24. The van der Waals surface area contributed by atoms with Crippen LogP contribution in [0, 0.1) is 0 Å². The molecule has 17 heavy (non-hydrogen) atoms. The Kier molecular flexibility index (Phi) is 3.24. The molecule has 0 aliphatic heterocycles. The lowest BCUT2D eigenvalue weighted by Gasteiger charge is -2.16. The maximum atomic E-state index is 9.96. The van der Waals surface area contributed by atoms with E-state index in [-0.39, 0.29) is 6.54 Å². The molecule has 0 aliphatic carbocycles. The van der Waals surface area contributed by atoms with Gasteiger partial charge < -0.3 is 15.2 Å². The van der Waals surface area contributed by atoms with Gasteiger partial charge in [-0.05, 0) is 23.2 Å². The number of aliphatic hydroxyl groups excluding tert-OH is 2. The molecule has 0 aromatic carbocycles. The summed E-state index contributed by atoms with van der Waals surface area (Å²) in [4.78, 5) is 9.53. The van der Waals surface area contributed by atoms with Crippen molar-refractivity contribution in [3.63, 3.8) is 0 Å². The Bertz CT molecular complexity index is 561. The van der Waals surface area contributed by atoms with E-state index in [0.717, 1.165) is 5.39 Å². The van der Waals surface area contributed by atoms with Crippen LogP contribution in [0.5, 0.6) is 0 Å². The summed E-state index contributed by atoms with van der Waals surface area (Å²) in [5.74, 6) is 0. The van der Waals surface area contributed by atoms with Gasteiger partial charge in [0.05, 0.1) is 12.6 Å². The van der Waals surface area contributed by atoms with Gasteiger partial charge >= 0.3 is 0 Å². The summed E-state index contributed by atoms with van der Waals surface area (Å²) in [6.45, 7) is -0.175. The fraction of sp³-hybridized carbons (Fsp3) is 0.300. The summed E-state index contributed by atoms with van der Waals surface area (Å²) in [6, 6.07) is 3.39. The maximum absolute atomic E-state index is 9.96. The van der Waals surface area contributed by atoms with Crippen LogP contribution in [-0.2, 0) is 0 Å². The third-order valence-corrected chi connectivity index (χ3v) is 2.51. The normalized spacial score (nSPS) is 14.2. The molecule has 0 saturated carbocycles. The highest BCUT2D eigenvalue weighted by Gasteiger charge is 2.20. The van der Waals surface area contributed by atoms with E-state index < -0.39 is 12.2 Å². The molecular formula is C10H11N5O2. The Balaban J connectivity index is 2.32. The van der Waals surface area contributed by atoms with Gasteiger partial charge in [-0.2, -0.15) is 0 Å². The second-order valence-corrected chi connectivity index (χ2v) is 3.57. The second-order valence-electron chi connectivity index (χ2n) is 3.57. The number of aromatic amines is 1. The van der Waals surface area contributed by atoms with Gasteiger partial charge in [0.1, 0.15) is 11.8 Å². The fourth-order valence-electron chi connectivity index (χ4n) is 1.67. The molecule has 0 aliphatic rings. The zero-order valence-electron chi connectivity index (χ0n) is 8.85. The lowest BCUT2D eigenvalue weighted by atomic mass is 10.0. The Morgan fingerprint density at radius 1 is 1.47 bits per heavy atom. The first-order chi connectivity index (χ1) is 8.24. The first kappa shape index (κ1) is 11.4. The van der Waals surface area contributed by atoms with Crippen LogP contribution in [0.1, 0.15) is 11.7 Å². The van der Waals surface area contributed by atoms with Gasteiger partial charge in [-0.25, -0.2) is 4.98 Å². The van der Waals surface area contributed by atoms with Crippen molar-refractivity contribution < 1.29 is 10.2 Å². The van der Waals surface area contributed by atoms with Gasteiger partial charge in [-0.1, -0.05) is 5.11 Å². The Labute approximate surface area is 96.4 Å². The molecule has 7 nitrogen and oxygen atoms in total. The zero-order valence-corrected chi connectivity index (χ0v) is 8.85. The molecule has 2 heterocycles. The first-order valence-electron chi connectivity index (χ1n) is 5.03. The van der Waals surface area contributed by atoms with Crippen LogP contribution in [0.25, 0.3) is 21.5 Å². The van der Waals surface area contributed by atoms with Crippen molar-refractivity contribution in [2.45, 2.75) is 12.2 Å². The molecule has 7 heteroatoms. The fourth-order valence-corrected chi connectivity index (χ4v) is 1.67. The number of hydrogen-bond donors (Lipinski definition) is 3. The number of aliphatic hydroxyl groups is 2. The van der Waals surface area contributed by atoms with E-state index in [4.69, 9.17) is 5.53 Å². The van der Waals surface area contributed by atoms with Crippen molar-refractivity contribution in [1.82, 2.24) is 9.97 Å². The van der Waals surface area contributed by atoms with Crippen LogP contribution >= 0.6 is 0 Å². The van der Waals surface area contributed by atoms with Gasteiger partial charge in [0, 0.05) is 22.7 Å². The Hall–Kier alpha value is -2.08. The smallest absolute Gasteiger partial charge is 0.137 e. The highest BCUT2D eigenvalue weighted by atomic mass is 16.3. The number of fused-ring (bicyclic) bond motifs is 1. The molecule has 2 aromatic heterocycles. The molecule has 0 spiro atoms. The molecule has 3 N–H and O–H groups in total. The van der Waals surface area contributed by atoms with Crippen molar-refractivity contribution in [1.29, 1.82) is 0 Å². The van der Waals surface area contributed by atoms with E-state index >= 15 is 0 Å². The van der Waals surface area contributed by atoms with Gasteiger partial charge in [-0.15, -0.1) is 0 Å². The van der Waals surface area contributed by atoms with Crippen LogP contribution in [0.4, 0.5) is 0 Å². The predicted molar refractivity (Wildman–Crippen MR) is 61.1 cm³/mol. The molecule has 2 atom stereocenters. The molecule has 0 fully saturated rings. The SMILES string of the molecule is [N-]=[N+]=NCC(O)C(O)c1ccnc2[nH]ccc12. The molecular weight excluding hydrogens is 222 g/mol. The van der Waals surface area contributed by atoms with Crippen molar-refractivity contribution >= 4 is 11.0 Å². The number of nitrogens with zero attached hydrogens (tertiary/aromatic N) is 4. The average Bonchev–Trinajstić information content (AvgIpc) is 2.82. The molecule has 2 rings (SSSR count). The quantitative estimate of drug-likeness (QED) is 0.419. The van der Waals surface area contributed by atoms with Gasteiger partial charge in [-0.3, -0.25) is 0 Å². The molecule has 2 unspecified atom stereocenters. The minimum atomic E-state index is -1.13. The zero-order chi connectivity index (χ0) is 12.3. The third kappa shape index (κ3) is 2.21. The second kappa shape index (κ2) is 4.84. The minimum absolute atomic E-state index is 0.175. The van der Waals surface area contributed by atoms with E-state index in [0.29, 0.717) is 11.2 Å². The van der Waals surface area contributed by atoms with Gasteiger partial charge in [0.25, 0.3) is 0 Å². The summed E-state index contributed by atoms with van der Waals surface area (Å²) in [5, 5.41) is 23.6. The van der Waals surface area contributed by atoms with E-state index in [1.807, 2.05) is 0 Å². The summed E-state index contributed by atoms with van der Waals surface area (Å²) in [6.07, 6.45) is 0.999. The summed E-state index contributed by atoms with van der Waals surface area (Å²) in [7, 11) is 0. The monoisotopic (exact) mass is 233 g/mol. The van der Waals surface area contributed by atoms with Crippen LogP contribution in [-0.4, -0.2) is 32.8 Å². The number of pyridine rings is 1. The molecule has 2 aromatic rings. The summed E-state index contributed by atoms with van der Waals surface area (Å²) < 4.78 is 0. The average molecular weight is 233 g/mol. The van der Waals surface area contributed by atoms with Crippen molar-refractivity contribution in [2.24, 2.45) is 5.11 Å². The molecule has 0 saturated heterocycles. The van der Waals surface area contributed by atoms with Gasteiger partial charge in [0.15, 0.2) is 0 Å². The topological polar surface area (TPSA) is 118 Å². The number of H-pyrrole nitrogens is 1. The predicted octanol–water partition coefficient (Wildman–Crippen LogP) is 1.27. The van der Waals surface area contributed by atoms with Crippen LogP contribution in [0.2, 0.25) is 0 Å². The van der Waals surface area contributed by atoms with E-state index in [1.54, 1.807) is 18.3 Å². The Morgan fingerprint density at radius 3 is 3.06 bits per heavy atom. The largest absolute Gasteiger partial charge is 0.390 e. The van der Waals surface area contributed by atoms with Crippen LogP contribution in [0.3, 0.4) is 0 Å². The van der Waals surface area contributed by atoms with E-state index in [1.165, 1.54) is 6.20 Å². The van der Waals surface area contributed by atoms with Crippen LogP contribution in [0.15, 0.2) is 29.6 Å². The lowest BCUT2D eigenvalue weighted by molar-refractivity contribution is 0.0253. The highest BCUT2D eigenvalue weighted by molar-refractivity contribution is 5.79. The molecule has 0 radical (unpaired) electrons.